The minimum Gasteiger partial charge on any atom is -0.436 e. The van der Waals surface area contributed by atoms with Crippen molar-refractivity contribution >= 4 is 11.6 Å². The van der Waals surface area contributed by atoms with Crippen LogP contribution in [0.5, 0.6) is 0 Å². The number of nitrogens with one attached hydrogen (secondary N) is 1. The fourth-order valence-corrected chi connectivity index (χ4v) is 2.97. The number of nitrogens with zero attached hydrogens (tertiary/aromatic N) is 1. The number of oxazole rings is 1. The Morgan fingerprint density at radius 1 is 0.900 bits per heavy atom. The topological polar surface area (TPSA) is 55.1 Å². The van der Waals surface area contributed by atoms with Crippen LogP contribution in [0.1, 0.15) is 15.9 Å². The van der Waals surface area contributed by atoms with Gasteiger partial charge in [-0.1, -0.05) is 48.5 Å². The van der Waals surface area contributed by atoms with Crippen LogP contribution in [0.15, 0.2) is 89.5 Å². The number of rotatable bonds is 4. The smallest absolute Gasteiger partial charge is 0.416 e. The molecule has 0 radical (unpaired) electrons. The van der Waals surface area contributed by atoms with E-state index in [0.717, 1.165) is 17.7 Å². The van der Waals surface area contributed by atoms with Crippen LogP contribution < -0.4 is 5.32 Å². The van der Waals surface area contributed by atoms with E-state index in [4.69, 9.17) is 4.42 Å². The lowest BCUT2D eigenvalue weighted by Crippen LogP contribution is -2.14. The molecule has 0 fully saturated rings. The lowest BCUT2D eigenvalue weighted by Gasteiger charge is -2.11. The van der Waals surface area contributed by atoms with Gasteiger partial charge in [-0.2, -0.15) is 13.2 Å². The largest absolute Gasteiger partial charge is 0.436 e. The van der Waals surface area contributed by atoms with Crippen LogP contribution in [0.3, 0.4) is 0 Å². The fraction of sp³-hybridized carbons (Fsp3) is 0.0435. The zero-order valence-corrected chi connectivity index (χ0v) is 15.5. The molecule has 4 rings (SSSR count). The van der Waals surface area contributed by atoms with Crippen molar-refractivity contribution in [1.82, 2.24) is 4.98 Å². The second-order valence-corrected chi connectivity index (χ2v) is 6.47. The van der Waals surface area contributed by atoms with E-state index in [1.807, 2.05) is 30.3 Å². The molecular weight excluding hydrogens is 393 g/mol. The highest BCUT2D eigenvalue weighted by atomic mass is 19.4. The quantitative estimate of drug-likeness (QED) is 0.432. The lowest BCUT2D eigenvalue weighted by molar-refractivity contribution is -0.137. The van der Waals surface area contributed by atoms with Crippen molar-refractivity contribution in [2.24, 2.45) is 0 Å². The van der Waals surface area contributed by atoms with E-state index >= 15 is 0 Å². The average Bonchev–Trinajstić information content (AvgIpc) is 3.24. The van der Waals surface area contributed by atoms with Gasteiger partial charge < -0.3 is 9.73 Å². The van der Waals surface area contributed by atoms with Crippen molar-refractivity contribution in [1.29, 1.82) is 0 Å². The van der Waals surface area contributed by atoms with Crippen LogP contribution in [0.2, 0.25) is 0 Å². The minimum absolute atomic E-state index is 0.0435. The molecule has 0 aliphatic carbocycles. The predicted octanol–water partition coefficient (Wildman–Crippen LogP) is 6.28. The van der Waals surface area contributed by atoms with Crippen LogP contribution in [-0.2, 0) is 6.18 Å². The van der Waals surface area contributed by atoms with Gasteiger partial charge in [0.1, 0.15) is 0 Å². The van der Waals surface area contributed by atoms with Gasteiger partial charge in [-0.25, -0.2) is 4.98 Å². The summed E-state index contributed by atoms with van der Waals surface area (Å²) in [6, 6.07) is 20.4. The summed E-state index contributed by atoms with van der Waals surface area (Å²) in [6.07, 6.45) is -2.93. The third-order valence-corrected chi connectivity index (χ3v) is 4.41. The fourth-order valence-electron chi connectivity index (χ4n) is 2.97. The number of hydrogen-bond donors (Lipinski definition) is 1. The Balaban J connectivity index is 1.63. The first-order valence-electron chi connectivity index (χ1n) is 9.01. The molecule has 30 heavy (non-hydrogen) atoms. The highest BCUT2D eigenvalue weighted by Crippen LogP contribution is 2.32. The zero-order chi connectivity index (χ0) is 21.1. The first-order chi connectivity index (χ1) is 14.4. The summed E-state index contributed by atoms with van der Waals surface area (Å²) < 4.78 is 44.6. The number of benzene rings is 3. The van der Waals surface area contributed by atoms with Crippen LogP contribution in [0, 0.1) is 0 Å². The third kappa shape index (κ3) is 4.10. The van der Waals surface area contributed by atoms with Gasteiger partial charge in [0.25, 0.3) is 5.91 Å². The van der Waals surface area contributed by atoms with Gasteiger partial charge in [0.15, 0.2) is 5.76 Å². The number of anilines is 1. The Morgan fingerprint density at radius 2 is 1.63 bits per heavy atom. The van der Waals surface area contributed by atoms with Gasteiger partial charge >= 0.3 is 6.18 Å². The first-order valence-corrected chi connectivity index (χ1v) is 9.01. The highest BCUT2D eigenvalue weighted by Gasteiger charge is 2.30. The van der Waals surface area contributed by atoms with E-state index in [1.54, 1.807) is 30.5 Å². The molecule has 0 unspecified atom stereocenters. The molecule has 0 saturated heterocycles. The lowest BCUT2D eigenvalue weighted by atomic mass is 10.1. The van der Waals surface area contributed by atoms with Gasteiger partial charge in [-0.15, -0.1) is 0 Å². The first kappa shape index (κ1) is 19.4. The summed E-state index contributed by atoms with van der Waals surface area (Å²) in [5.74, 6) is 0.215. The summed E-state index contributed by atoms with van der Waals surface area (Å²) in [5, 5.41) is 2.51. The minimum atomic E-state index is -4.50. The monoisotopic (exact) mass is 408 g/mol. The van der Waals surface area contributed by atoms with Crippen LogP contribution in [0.25, 0.3) is 22.8 Å². The predicted molar refractivity (Wildman–Crippen MR) is 107 cm³/mol. The SMILES string of the molecule is O=C(Nc1cccc(C(F)(F)F)c1)c1ccccc1-c1ncc(-c2ccccc2)o1. The van der Waals surface area contributed by atoms with Crippen LogP contribution in [0.4, 0.5) is 18.9 Å². The Morgan fingerprint density at radius 3 is 2.40 bits per heavy atom. The molecule has 0 atom stereocenters. The van der Waals surface area contributed by atoms with E-state index in [1.165, 1.54) is 12.1 Å². The number of amides is 1. The van der Waals surface area contributed by atoms with Crippen molar-refractivity contribution in [2.75, 3.05) is 5.32 Å². The van der Waals surface area contributed by atoms with E-state index < -0.39 is 17.6 Å². The summed E-state index contributed by atoms with van der Waals surface area (Å²) >= 11 is 0. The van der Waals surface area contributed by atoms with Crippen LogP contribution in [-0.4, -0.2) is 10.9 Å². The molecule has 4 nitrogen and oxygen atoms in total. The number of carbonyl (C=O) groups is 1. The molecule has 0 aliphatic rings. The van der Waals surface area contributed by atoms with Crippen molar-refractivity contribution in [3.8, 4) is 22.8 Å². The van der Waals surface area contributed by atoms with Gasteiger partial charge in [0.05, 0.1) is 17.3 Å². The maximum Gasteiger partial charge on any atom is 0.416 e. The van der Waals surface area contributed by atoms with E-state index in [9.17, 15) is 18.0 Å². The molecule has 0 saturated carbocycles. The third-order valence-electron chi connectivity index (χ3n) is 4.41. The van der Waals surface area contributed by atoms with Crippen molar-refractivity contribution in [2.45, 2.75) is 6.18 Å². The number of hydrogen-bond acceptors (Lipinski definition) is 3. The number of aromatic nitrogens is 1. The average molecular weight is 408 g/mol. The molecule has 1 amide bonds. The molecule has 1 aromatic heterocycles. The molecule has 1 N–H and O–H groups in total. The molecule has 7 heteroatoms. The molecule has 1 heterocycles. The van der Waals surface area contributed by atoms with E-state index in [-0.39, 0.29) is 17.1 Å². The number of halogens is 3. The van der Waals surface area contributed by atoms with Gasteiger partial charge in [-0.05, 0) is 30.3 Å². The van der Waals surface area contributed by atoms with Gasteiger partial charge in [0, 0.05) is 16.8 Å². The van der Waals surface area contributed by atoms with Gasteiger partial charge in [0.2, 0.25) is 5.89 Å². The Kier molecular flexibility index (Phi) is 5.10. The normalized spacial score (nSPS) is 11.3. The van der Waals surface area contributed by atoms with Crippen molar-refractivity contribution in [3.63, 3.8) is 0 Å². The Hall–Kier alpha value is -3.87. The zero-order valence-electron chi connectivity index (χ0n) is 15.5. The maximum absolute atomic E-state index is 12.9. The molecule has 4 aromatic rings. The highest BCUT2D eigenvalue weighted by molar-refractivity contribution is 6.08. The summed E-state index contributed by atoms with van der Waals surface area (Å²) in [7, 11) is 0. The maximum atomic E-state index is 12.9. The molecule has 0 bridgehead atoms. The molecule has 150 valence electrons. The van der Waals surface area contributed by atoms with Crippen molar-refractivity contribution < 1.29 is 22.4 Å². The second kappa shape index (κ2) is 7.87. The molecule has 0 spiro atoms. The summed E-state index contributed by atoms with van der Waals surface area (Å²) in [4.78, 5) is 17.0. The molecule has 0 aliphatic heterocycles. The van der Waals surface area contributed by atoms with Gasteiger partial charge in [-0.3, -0.25) is 4.79 Å². The van der Waals surface area contributed by atoms with Crippen molar-refractivity contribution in [3.05, 3.63) is 96.2 Å². The number of carbonyl (C=O) groups excluding carboxylic acids is 1. The molecule has 3 aromatic carbocycles. The standard InChI is InChI=1S/C23H15F3N2O2/c24-23(25,26)16-9-6-10-17(13-16)28-21(29)18-11-4-5-12-19(18)22-27-14-20(30-22)15-7-2-1-3-8-15/h1-14H,(H,28,29). The van der Waals surface area contributed by atoms with E-state index in [0.29, 0.717) is 11.3 Å². The summed E-state index contributed by atoms with van der Waals surface area (Å²) in [6.45, 7) is 0. The Bertz CT molecular complexity index is 1180. The Labute approximate surface area is 170 Å². The van der Waals surface area contributed by atoms with Crippen LogP contribution >= 0.6 is 0 Å². The number of alkyl halides is 3. The van der Waals surface area contributed by atoms with E-state index in [2.05, 4.69) is 10.3 Å². The molecular formula is C23H15F3N2O2. The second-order valence-electron chi connectivity index (χ2n) is 6.47. The summed E-state index contributed by atoms with van der Waals surface area (Å²) in [5.41, 5.74) is 0.707.